The van der Waals surface area contributed by atoms with Crippen LogP contribution in [0.3, 0.4) is 0 Å². The van der Waals surface area contributed by atoms with Crippen molar-refractivity contribution < 1.29 is 19.2 Å². The van der Waals surface area contributed by atoms with E-state index in [0.717, 1.165) is 31.4 Å². The molecule has 1 aliphatic heterocycles. The molecule has 0 radical (unpaired) electrons. The molecule has 0 bridgehead atoms. The van der Waals surface area contributed by atoms with Gasteiger partial charge in [-0.3, -0.25) is 4.79 Å². The van der Waals surface area contributed by atoms with E-state index in [1.165, 1.54) is 21.7 Å². The number of nitrogens with zero attached hydrogens (tertiary/aromatic N) is 1. The molecular formula is C22H26N3O3S+. The van der Waals surface area contributed by atoms with E-state index in [1.807, 2.05) is 6.07 Å². The first-order valence-corrected chi connectivity index (χ1v) is 10.8. The highest BCUT2D eigenvalue weighted by atomic mass is 32.1. The van der Waals surface area contributed by atoms with Crippen LogP contribution in [0.2, 0.25) is 0 Å². The number of esters is 1. The third-order valence-corrected chi connectivity index (χ3v) is 7.07. The number of ketones is 1. The van der Waals surface area contributed by atoms with Crippen LogP contribution < -0.4 is 4.90 Å². The number of fused-ring (bicyclic) bond motifs is 1. The molecule has 152 valence electrons. The Balaban J connectivity index is 1.39. The lowest BCUT2D eigenvalue weighted by atomic mass is 9.97. The number of thiazole rings is 1. The predicted molar refractivity (Wildman–Crippen MR) is 113 cm³/mol. The Kier molecular flexibility index (Phi) is 5.52. The number of carbonyl (C=O) groups excluding carboxylic acids is 2. The summed E-state index contributed by atoms with van der Waals surface area (Å²) in [5.41, 5.74) is 3.45. The summed E-state index contributed by atoms with van der Waals surface area (Å²) in [4.78, 5) is 34.0. The van der Waals surface area contributed by atoms with Crippen molar-refractivity contribution in [3.05, 3.63) is 51.8 Å². The molecule has 3 aromatic rings. The monoisotopic (exact) mass is 412 g/mol. The molecule has 3 heterocycles. The van der Waals surface area contributed by atoms with Gasteiger partial charge >= 0.3 is 5.97 Å². The van der Waals surface area contributed by atoms with Crippen LogP contribution in [-0.4, -0.2) is 48.5 Å². The summed E-state index contributed by atoms with van der Waals surface area (Å²) in [5, 5.41) is 1.22. The first-order chi connectivity index (χ1) is 14.0. The maximum Gasteiger partial charge on any atom is 0.339 e. The van der Waals surface area contributed by atoms with Crippen molar-refractivity contribution in [1.29, 1.82) is 0 Å². The van der Waals surface area contributed by atoms with Crippen molar-refractivity contribution in [2.45, 2.75) is 32.6 Å². The molecule has 0 amide bonds. The van der Waals surface area contributed by atoms with Gasteiger partial charge in [0, 0.05) is 24.5 Å². The number of aromatic amines is 1. The van der Waals surface area contributed by atoms with E-state index < -0.39 is 5.97 Å². The van der Waals surface area contributed by atoms with Gasteiger partial charge in [0.05, 0.1) is 46.7 Å². The standard InChI is InChI=1S/C22H25N3O3S/c1-13-19(22(27)28-3)14(2)23-20(13)17(26)12-25-10-8-15(9-11-25)21-24-16-6-4-5-7-18(16)29-21/h4-7,15,23H,8-12H2,1-3H3/p+1. The molecule has 1 aromatic carbocycles. The van der Waals surface area contributed by atoms with Gasteiger partial charge in [-0.2, -0.15) is 0 Å². The van der Waals surface area contributed by atoms with Crippen molar-refractivity contribution in [2.24, 2.45) is 0 Å². The van der Waals surface area contributed by atoms with Gasteiger partial charge in [0.25, 0.3) is 0 Å². The topological polar surface area (TPSA) is 76.5 Å². The molecule has 1 fully saturated rings. The zero-order valence-electron chi connectivity index (χ0n) is 17.0. The Morgan fingerprint density at radius 2 is 1.97 bits per heavy atom. The van der Waals surface area contributed by atoms with E-state index in [9.17, 15) is 9.59 Å². The van der Waals surface area contributed by atoms with Crippen LogP contribution in [0.25, 0.3) is 10.2 Å². The van der Waals surface area contributed by atoms with Gasteiger partial charge in [0.1, 0.15) is 6.54 Å². The second-order valence-corrected chi connectivity index (χ2v) is 8.82. The summed E-state index contributed by atoms with van der Waals surface area (Å²) in [5.74, 6) is 0.125. The summed E-state index contributed by atoms with van der Waals surface area (Å²) in [6.07, 6.45) is 2.08. The number of para-hydroxylation sites is 1. The summed E-state index contributed by atoms with van der Waals surface area (Å²) in [6, 6.07) is 8.27. The number of nitrogens with one attached hydrogen (secondary N) is 2. The Bertz CT molecular complexity index is 1030. The average molecular weight is 413 g/mol. The van der Waals surface area contributed by atoms with E-state index in [4.69, 9.17) is 9.72 Å². The first-order valence-electron chi connectivity index (χ1n) is 9.97. The quantitative estimate of drug-likeness (QED) is 0.499. The molecule has 2 N–H and O–H groups in total. The second-order valence-electron chi connectivity index (χ2n) is 7.76. The summed E-state index contributed by atoms with van der Waals surface area (Å²) in [7, 11) is 1.36. The fourth-order valence-electron chi connectivity index (χ4n) is 4.27. The fourth-order valence-corrected chi connectivity index (χ4v) is 5.40. The number of Topliss-reactive ketones (excluding diaryl/α,β-unsaturated/α-hetero) is 1. The number of ether oxygens (including phenoxy) is 1. The van der Waals surface area contributed by atoms with Gasteiger partial charge in [-0.1, -0.05) is 12.1 Å². The minimum absolute atomic E-state index is 0.0502. The number of likely N-dealkylation sites (tertiary alicyclic amines) is 1. The highest BCUT2D eigenvalue weighted by molar-refractivity contribution is 7.18. The molecule has 29 heavy (non-hydrogen) atoms. The van der Waals surface area contributed by atoms with E-state index >= 15 is 0 Å². The van der Waals surface area contributed by atoms with Crippen LogP contribution in [0.1, 0.15) is 55.9 Å². The molecule has 6 nitrogen and oxygen atoms in total. The molecular weight excluding hydrogens is 386 g/mol. The van der Waals surface area contributed by atoms with E-state index in [2.05, 4.69) is 23.2 Å². The molecule has 2 aromatic heterocycles. The number of carbonyl (C=O) groups is 2. The minimum atomic E-state index is -0.403. The van der Waals surface area contributed by atoms with Gasteiger partial charge in [0.15, 0.2) is 0 Å². The molecule has 0 atom stereocenters. The number of benzene rings is 1. The molecule has 1 saturated heterocycles. The number of quaternary nitrogens is 1. The zero-order valence-corrected chi connectivity index (χ0v) is 17.8. The molecule has 0 unspecified atom stereocenters. The second kappa shape index (κ2) is 8.08. The number of aryl methyl sites for hydroxylation is 1. The van der Waals surface area contributed by atoms with E-state index in [1.54, 1.807) is 25.2 Å². The minimum Gasteiger partial charge on any atom is -0.465 e. The van der Waals surface area contributed by atoms with Gasteiger partial charge in [-0.15, -0.1) is 11.3 Å². The van der Waals surface area contributed by atoms with E-state index in [-0.39, 0.29) is 5.78 Å². The highest BCUT2D eigenvalue weighted by Gasteiger charge is 2.29. The molecule has 0 spiro atoms. The van der Waals surface area contributed by atoms with Gasteiger partial charge in [0.2, 0.25) is 5.78 Å². The smallest absolute Gasteiger partial charge is 0.339 e. The number of methoxy groups -OCH3 is 1. The number of hydrogen-bond donors (Lipinski definition) is 2. The lowest BCUT2D eigenvalue weighted by molar-refractivity contribution is -0.896. The first kappa shape index (κ1) is 19.8. The van der Waals surface area contributed by atoms with Crippen LogP contribution in [-0.2, 0) is 4.74 Å². The predicted octanol–water partition coefficient (Wildman–Crippen LogP) is 2.67. The van der Waals surface area contributed by atoms with Crippen LogP contribution in [0, 0.1) is 13.8 Å². The third-order valence-electron chi connectivity index (χ3n) is 5.87. The molecule has 0 aliphatic carbocycles. The van der Waals surface area contributed by atoms with Crippen LogP contribution in [0.4, 0.5) is 0 Å². The van der Waals surface area contributed by atoms with Crippen molar-refractivity contribution in [3.8, 4) is 0 Å². The Morgan fingerprint density at radius 3 is 2.66 bits per heavy atom. The van der Waals surface area contributed by atoms with E-state index in [0.29, 0.717) is 35.0 Å². The molecule has 0 saturated carbocycles. The summed E-state index contributed by atoms with van der Waals surface area (Å²) >= 11 is 1.79. The SMILES string of the molecule is COC(=O)c1c(C)[nH]c(C(=O)C[NH+]2CCC(c3nc4ccccc4s3)CC2)c1C. The van der Waals surface area contributed by atoms with Crippen LogP contribution in [0.15, 0.2) is 24.3 Å². The Morgan fingerprint density at radius 1 is 1.24 bits per heavy atom. The molecule has 1 aliphatic rings. The fraction of sp³-hybridized carbons (Fsp3) is 0.409. The van der Waals surface area contributed by atoms with Gasteiger partial charge in [-0.05, 0) is 31.5 Å². The van der Waals surface area contributed by atoms with Crippen molar-refractivity contribution in [2.75, 3.05) is 26.7 Å². The maximum atomic E-state index is 12.9. The summed E-state index contributed by atoms with van der Waals surface area (Å²) < 4.78 is 6.08. The molecule has 7 heteroatoms. The third kappa shape index (κ3) is 3.84. The highest BCUT2D eigenvalue weighted by Crippen LogP contribution is 2.31. The van der Waals surface area contributed by atoms with Gasteiger partial charge in [-0.25, -0.2) is 9.78 Å². The number of rotatable bonds is 5. The number of hydrogen-bond acceptors (Lipinski definition) is 5. The summed E-state index contributed by atoms with van der Waals surface area (Å²) in [6.45, 7) is 5.95. The number of piperidine rings is 1. The average Bonchev–Trinajstić information content (AvgIpc) is 3.28. The normalized spacial score (nSPS) is 19.4. The lowest BCUT2D eigenvalue weighted by Crippen LogP contribution is -3.13. The zero-order chi connectivity index (χ0) is 20.5. The lowest BCUT2D eigenvalue weighted by Gasteiger charge is -2.27. The van der Waals surface area contributed by atoms with Crippen LogP contribution in [0.5, 0.6) is 0 Å². The Labute approximate surface area is 173 Å². The van der Waals surface area contributed by atoms with Crippen LogP contribution >= 0.6 is 11.3 Å². The van der Waals surface area contributed by atoms with Gasteiger partial charge < -0.3 is 14.6 Å². The van der Waals surface area contributed by atoms with Crippen molar-refractivity contribution in [3.63, 3.8) is 0 Å². The van der Waals surface area contributed by atoms with Crippen molar-refractivity contribution >= 4 is 33.3 Å². The number of H-pyrrole nitrogens is 1. The number of aromatic nitrogens is 2. The van der Waals surface area contributed by atoms with Crippen molar-refractivity contribution in [1.82, 2.24) is 9.97 Å². The molecule has 4 rings (SSSR count). The Hall–Kier alpha value is -2.51. The maximum absolute atomic E-state index is 12.9. The largest absolute Gasteiger partial charge is 0.465 e.